The van der Waals surface area contributed by atoms with Crippen molar-refractivity contribution in [3.05, 3.63) is 23.4 Å². The van der Waals surface area contributed by atoms with Gasteiger partial charge in [0.15, 0.2) is 5.69 Å². The third-order valence-corrected chi connectivity index (χ3v) is 2.37. The number of aromatic nitrogens is 1. The van der Waals surface area contributed by atoms with Gasteiger partial charge in [0.1, 0.15) is 11.6 Å². The average molecular weight is 242 g/mol. The van der Waals surface area contributed by atoms with Crippen molar-refractivity contribution in [2.24, 2.45) is 0 Å². The molecule has 0 unspecified atom stereocenters. The van der Waals surface area contributed by atoms with Crippen molar-refractivity contribution in [1.29, 1.82) is 0 Å². The lowest BCUT2D eigenvalue weighted by Gasteiger charge is -2.02. The summed E-state index contributed by atoms with van der Waals surface area (Å²) in [4.78, 5) is 25.7. The first-order chi connectivity index (χ1) is 7.54. The molecule has 0 atom stereocenters. The summed E-state index contributed by atoms with van der Waals surface area (Å²) in [6.07, 6.45) is 0.682. The number of hydrogen-bond acceptors (Lipinski definition) is 5. The van der Waals surface area contributed by atoms with Crippen molar-refractivity contribution >= 4 is 28.4 Å². The summed E-state index contributed by atoms with van der Waals surface area (Å²) >= 11 is 1.07. The molecule has 16 heavy (non-hydrogen) atoms. The van der Waals surface area contributed by atoms with Crippen molar-refractivity contribution < 1.29 is 19.4 Å². The number of carboxylic acid groups (broad SMARTS) is 1. The van der Waals surface area contributed by atoms with Crippen molar-refractivity contribution in [3.8, 4) is 0 Å². The Bertz CT molecular complexity index is 427. The second-order valence-corrected chi connectivity index (χ2v) is 3.93. The number of carbonyl (C=O) groups excluding carboxylic acids is 1. The number of carboxylic acids is 1. The third kappa shape index (κ3) is 3.06. The van der Waals surface area contributed by atoms with Gasteiger partial charge in [-0.15, -0.1) is 11.3 Å². The molecule has 6 nitrogen and oxygen atoms in total. The zero-order chi connectivity index (χ0) is 12.1. The number of rotatable bonds is 4. The van der Waals surface area contributed by atoms with Crippen LogP contribution in [0.5, 0.6) is 0 Å². The lowest BCUT2D eigenvalue weighted by Crippen LogP contribution is -2.14. The van der Waals surface area contributed by atoms with Crippen LogP contribution in [0.2, 0.25) is 0 Å². The summed E-state index contributed by atoms with van der Waals surface area (Å²) in [6, 6.07) is 0. The summed E-state index contributed by atoms with van der Waals surface area (Å²) in [6.45, 7) is 5.09. The first-order valence-electron chi connectivity index (χ1n) is 4.30. The fraction of sp³-hybridized carbons (Fsp3) is 0.222. The zero-order valence-corrected chi connectivity index (χ0v) is 9.34. The van der Waals surface area contributed by atoms with Gasteiger partial charge in [-0.1, -0.05) is 12.7 Å². The average Bonchev–Trinajstić information content (AvgIpc) is 2.56. The summed E-state index contributed by atoms with van der Waals surface area (Å²) in [5.41, 5.74) is -0.182. The lowest BCUT2D eigenvalue weighted by atomic mass is 10.4. The second kappa shape index (κ2) is 5.26. The SMILES string of the molecule is C=CCOC(=O)Nc1sc(C)nc1C(=O)O. The van der Waals surface area contributed by atoms with E-state index in [2.05, 4.69) is 21.6 Å². The molecule has 0 bridgehead atoms. The third-order valence-electron chi connectivity index (χ3n) is 1.48. The molecule has 0 aliphatic carbocycles. The van der Waals surface area contributed by atoms with Crippen LogP contribution in [0.4, 0.5) is 9.80 Å². The maximum atomic E-state index is 11.2. The fourth-order valence-corrected chi connectivity index (χ4v) is 1.72. The number of ether oxygens (including phenoxy) is 1. The number of amides is 1. The second-order valence-electron chi connectivity index (χ2n) is 2.73. The molecule has 2 N–H and O–H groups in total. The highest BCUT2D eigenvalue weighted by molar-refractivity contribution is 7.16. The van der Waals surface area contributed by atoms with Crippen LogP contribution < -0.4 is 5.32 Å². The predicted octanol–water partition coefficient (Wildman–Crippen LogP) is 1.88. The lowest BCUT2D eigenvalue weighted by molar-refractivity contribution is 0.0692. The van der Waals surface area contributed by atoms with Gasteiger partial charge in [0.25, 0.3) is 0 Å². The van der Waals surface area contributed by atoms with Crippen molar-refractivity contribution in [2.75, 3.05) is 11.9 Å². The normalized spacial score (nSPS) is 9.56. The Kier molecular flexibility index (Phi) is 4.01. The van der Waals surface area contributed by atoms with E-state index >= 15 is 0 Å². The summed E-state index contributed by atoms with van der Waals surface area (Å²) < 4.78 is 4.66. The van der Waals surface area contributed by atoms with Crippen LogP contribution in [0.25, 0.3) is 0 Å². The van der Waals surface area contributed by atoms with Gasteiger partial charge >= 0.3 is 12.1 Å². The van der Waals surface area contributed by atoms with Crippen LogP contribution in [-0.4, -0.2) is 28.8 Å². The van der Waals surface area contributed by atoms with E-state index in [9.17, 15) is 9.59 Å². The molecule has 0 saturated carbocycles. The quantitative estimate of drug-likeness (QED) is 0.787. The molecule has 0 radical (unpaired) electrons. The molecule has 0 saturated heterocycles. The maximum Gasteiger partial charge on any atom is 0.412 e. The standard InChI is InChI=1S/C9H10N2O4S/c1-3-4-15-9(14)11-7-6(8(12)13)10-5(2)16-7/h3H,1,4H2,2H3,(H,11,14)(H,12,13). The van der Waals surface area contributed by atoms with E-state index in [0.717, 1.165) is 11.3 Å². The molecule has 0 aromatic carbocycles. The Hall–Kier alpha value is -1.89. The minimum Gasteiger partial charge on any atom is -0.476 e. The Labute approximate surface area is 95.6 Å². The summed E-state index contributed by atoms with van der Waals surface area (Å²) in [5, 5.41) is 11.8. The number of anilines is 1. The summed E-state index contributed by atoms with van der Waals surface area (Å²) in [5.74, 6) is -1.19. The van der Waals surface area contributed by atoms with Gasteiger partial charge in [-0.3, -0.25) is 5.32 Å². The number of hydrogen-bond donors (Lipinski definition) is 2. The zero-order valence-electron chi connectivity index (χ0n) is 8.52. The van der Waals surface area contributed by atoms with E-state index < -0.39 is 12.1 Å². The van der Waals surface area contributed by atoms with Crippen LogP contribution in [0.15, 0.2) is 12.7 Å². The number of aryl methyl sites for hydroxylation is 1. The first kappa shape index (κ1) is 12.2. The van der Waals surface area contributed by atoms with Crippen LogP contribution in [0.1, 0.15) is 15.5 Å². The minimum atomic E-state index is -1.19. The molecule has 1 rings (SSSR count). The number of nitrogens with zero attached hydrogens (tertiary/aromatic N) is 1. The Morgan fingerprint density at radius 2 is 2.38 bits per heavy atom. The van der Waals surface area contributed by atoms with E-state index in [4.69, 9.17) is 5.11 Å². The van der Waals surface area contributed by atoms with E-state index in [1.165, 1.54) is 6.08 Å². The Morgan fingerprint density at radius 3 is 2.94 bits per heavy atom. The molecule has 0 fully saturated rings. The van der Waals surface area contributed by atoms with E-state index in [0.29, 0.717) is 5.01 Å². The number of nitrogens with one attached hydrogen (secondary N) is 1. The predicted molar refractivity (Wildman–Crippen MR) is 59.0 cm³/mol. The smallest absolute Gasteiger partial charge is 0.412 e. The molecule has 0 aliphatic heterocycles. The Balaban J connectivity index is 2.76. The molecule has 1 aromatic heterocycles. The van der Waals surface area contributed by atoms with E-state index in [1.54, 1.807) is 6.92 Å². The molecule has 1 amide bonds. The molecule has 0 aliphatic rings. The largest absolute Gasteiger partial charge is 0.476 e. The molecule has 0 spiro atoms. The molecule has 1 aromatic rings. The van der Waals surface area contributed by atoms with Crippen molar-refractivity contribution in [2.45, 2.75) is 6.92 Å². The van der Waals surface area contributed by atoms with Gasteiger partial charge in [-0.2, -0.15) is 0 Å². The molecular formula is C9H10N2O4S. The van der Waals surface area contributed by atoms with Crippen LogP contribution in [0.3, 0.4) is 0 Å². The summed E-state index contributed by atoms with van der Waals surface area (Å²) in [7, 11) is 0. The number of thiazole rings is 1. The Morgan fingerprint density at radius 1 is 1.69 bits per heavy atom. The highest BCUT2D eigenvalue weighted by Crippen LogP contribution is 2.24. The topological polar surface area (TPSA) is 88.5 Å². The number of aromatic carboxylic acids is 1. The van der Waals surface area contributed by atoms with Gasteiger partial charge in [-0.05, 0) is 6.92 Å². The van der Waals surface area contributed by atoms with E-state index in [1.807, 2.05) is 0 Å². The maximum absolute atomic E-state index is 11.2. The van der Waals surface area contributed by atoms with Crippen molar-refractivity contribution in [3.63, 3.8) is 0 Å². The van der Waals surface area contributed by atoms with Gasteiger partial charge in [0, 0.05) is 0 Å². The van der Waals surface area contributed by atoms with Gasteiger partial charge in [0.2, 0.25) is 0 Å². The van der Waals surface area contributed by atoms with Gasteiger partial charge in [0.05, 0.1) is 5.01 Å². The molecule has 7 heteroatoms. The molecule has 86 valence electrons. The van der Waals surface area contributed by atoms with Crippen LogP contribution >= 0.6 is 11.3 Å². The van der Waals surface area contributed by atoms with Crippen molar-refractivity contribution in [1.82, 2.24) is 4.98 Å². The number of carbonyl (C=O) groups is 2. The fourth-order valence-electron chi connectivity index (χ4n) is 0.920. The van der Waals surface area contributed by atoms with Gasteiger partial charge < -0.3 is 9.84 Å². The molecule has 1 heterocycles. The van der Waals surface area contributed by atoms with Crippen LogP contribution in [0, 0.1) is 6.92 Å². The first-order valence-corrected chi connectivity index (χ1v) is 5.11. The highest BCUT2D eigenvalue weighted by atomic mass is 32.1. The highest BCUT2D eigenvalue weighted by Gasteiger charge is 2.17. The molecular weight excluding hydrogens is 232 g/mol. The van der Waals surface area contributed by atoms with E-state index in [-0.39, 0.29) is 17.3 Å². The minimum absolute atomic E-state index is 0.0615. The van der Waals surface area contributed by atoms with Crippen LogP contribution in [-0.2, 0) is 4.74 Å². The van der Waals surface area contributed by atoms with Gasteiger partial charge in [-0.25, -0.2) is 14.6 Å². The monoisotopic (exact) mass is 242 g/mol.